The highest BCUT2D eigenvalue weighted by atomic mass is 32.1. The molecule has 1 amide bonds. The Kier molecular flexibility index (Phi) is 6.34. The number of carbonyl (C=O) groups is 1. The Hall–Kier alpha value is -2.85. The van der Waals surface area contributed by atoms with Crippen LogP contribution in [0.1, 0.15) is 10.4 Å². The molecule has 0 atom stereocenters. The maximum atomic E-state index is 12.1. The summed E-state index contributed by atoms with van der Waals surface area (Å²) in [6.45, 7) is 0.413. The van der Waals surface area contributed by atoms with E-state index in [1.807, 2.05) is 24.3 Å². The number of nitrogens with one attached hydrogen (secondary N) is 1. The average Bonchev–Trinajstić information content (AvgIpc) is 3.12. The third kappa shape index (κ3) is 4.57. The van der Waals surface area contributed by atoms with E-state index in [2.05, 4.69) is 10.3 Å². The van der Waals surface area contributed by atoms with Crippen molar-refractivity contribution >= 4 is 23.3 Å². The average molecular weight is 343 g/mol. The first kappa shape index (κ1) is 17.5. The number of hydrogen-bond acceptors (Lipinski definition) is 6. The minimum Gasteiger partial charge on any atom is -0.493 e. The Bertz CT molecular complexity index is 764. The van der Waals surface area contributed by atoms with Crippen LogP contribution in [0.3, 0.4) is 0 Å². The molecule has 1 N–H and O–H groups in total. The summed E-state index contributed by atoms with van der Waals surface area (Å²) >= 11 is 1.37. The molecule has 7 heteroatoms. The zero-order valence-corrected chi connectivity index (χ0v) is 14.2. The van der Waals surface area contributed by atoms with Crippen LogP contribution >= 0.6 is 11.3 Å². The second-order valence-corrected chi connectivity index (χ2v) is 5.69. The minimum absolute atomic E-state index is 0.0616. The monoisotopic (exact) mass is 343 g/mol. The predicted molar refractivity (Wildman–Crippen MR) is 92.0 cm³/mol. The summed E-state index contributed by atoms with van der Waals surface area (Å²) in [5, 5.41) is 11.9. The number of ether oxygens (including phenoxy) is 2. The van der Waals surface area contributed by atoms with E-state index in [1.165, 1.54) is 17.4 Å². The number of nitrogens with zero attached hydrogens (tertiary/aromatic N) is 2. The fraction of sp³-hybridized carbons (Fsp3) is 0.235. The third-order valence-corrected chi connectivity index (χ3v) is 3.97. The molecule has 6 nitrogen and oxygen atoms in total. The lowest BCUT2D eigenvalue weighted by Gasteiger charge is -2.10. The van der Waals surface area contributed by atoms with E-state index >= 15 is 0 Å². The topological polar surface area (TPSA) is 84.2 Å². The van der Waals surface area contributed by atoms with Crippen molar-refractivity contribution in [3.05, 3.63) is 45.9 Å². The van der Waals surface area contributed by atoms with Gasteiger partial charge in [-0.3, -0.25) is 9.78 Å². The Labute approximate surface area is 144 Å². The molecule has 0 aliphatic carbocycles. The first-order chi connectivity index (χ1) is 11.7. The van der Waals surface area contributed by atoms with Crippen LogP contribution in [0.4, 0.5) is 0 Å². The molecule has 2 rings (SSSR count). The van der Waals surface area contributed by atoms with Crippen LogP contribution in [-0.2, 0) is 11.2 Å². The third-order valence-electron chi connectivity index (χ3n) is 3.25. The number of amides is 1. The molecule has 0 saturated carbocycles. The number of rotatable bonds is 7. The van der Waals surface area contributed by atoms with Gasteiger partial charge >= 0.3 is 0 Å². The molecule has 0 unspecified atom stereocenters. The Balaban J connectivity index is 1.94. The van der Waals surface area contributed by atoms with Crippen LogP contribution in [0.25, 0.3) is 6.08 Å². The first-order valence-electron chi connectivity index (χ1n) is 7.17. The van der Waals surface area contributed by atoms with Crippen LogP contribution in [0.2, 0.25) is 0 Å². The minimum atomic E-state index is -0.397. The second kappa shape index (κ2) is 8.70. The molecule has 1 heterocycles. The van der Waals surface area contributed by atoms with Gasteiger partial charge in [-0.05, 0) is 30.2 Å². The van der Waals surface area contributed by atoms with Gasteiger partial charge in [-0.15, -0.1) is 11.3 Å². The molecule has 24 heavy (non-hydrogen) atoms. The van der Waals surface area contributed by atoms with Gasteiger partial charge in [0.2, 0.25) is 0 Å². The van der Waals surface area contributed by atoms with Crippen molar-refractivity contribution in [3.8, 4) is 17.6 Å². The van der Waals surface area contributed by atoms with Crippen molar-refractivity contribution in [2.45, 2.75) is 6.42 Å². The molecule has 0 aliphatic heterocycles. The van der Waals surface area contributed by atoms with Crippen molar-refractivity contribution in [2.75, 3.05) is 20.8 Å². The smallest absolute Gasteiger partial charge is 0.261 e. The maximum absolute atomic E-state index is 12.1. The molecule has 0 saturated heterocycles. The first-order valence-corrected chi connectivity index (χ1v) is 8.05. The van der Waals surface area contributed by atoms with Crippen molar-refractivity contribution in [2.24, 2.45) is 0 Å². The second-order valence-electron chi connectivity index (χ2n) is 4.77. The van der Waals surface area contributed by atoms with Crippen LogP contribution in [0, 0.1) is 11.3 Å². The van der Waals surface area contributed by atoms with E-state index in [-0.39, 0.29) is 5.57 Å². The molecule has 0 fully saturated rings. The normalized spacial score (nSPS) is 10.8. The van der Waals surface area contributed by atoms with Gasteiger partial charge in [0.25, 0.3) is 5.91 Å². The highest BCUT2D eigenvalue weighted by Crippen LogP contribution is 2.27. The zero-order valence-electron chi connectivity index (χ0n) is 13.4. The Morgan fingerprint density at radius 3 is 2.79 bits per heavy atom. The highest BCUT2D eigenvalue weighted by molar-refractivity contribution is 7.10. The van der Waals surface area contributed by atoms with E-state index in [4.69, 9.17) is 14.7 Å². The van der Waals surface area contributed by atoms with E-state index < -0.39 is 5.91 Å². The Morgan fingerprint density at radius 2 is 2.17 bits per heavy atom. The number of thiazole rings is 1. The number of aromatic nitrogens is 1. The summed E-state index contributed by atoms with van der Waals surface area (Å²) in [4.78, 5) is 16.7. The fourth-order valence-corrected chi connectivity index (χ4v) is 2.59. The van der Waals surface area contributed by atoms with Crippen LogP contribution in [-0.4, -0.2) is 31.7 Å². The number of nitriles is 1. The lowest BCUT2D eigenvalue weighted by molar-refractivity contribution is -0.117. The van der Waals surface area contributed by atoms with Crippen LogP contribution in [0.5, 0.6) is 11.5 Å². The van der Waals surface area contributed by atoms with Gasteiger partial charge in [-0.2, -0.15) is 5.26 Å². The number of methoxy groups -OCH3 is 2. The Morgan fingerprint density at radius 1 is 1.38 bits per heavy atom. The van der Waals surface area contributed by atoms with Crippen molar-refractivity contribution in [3.63, 3.8) is 0 Å². The number of carbonyl (C=O) groups excluding carboxylic acids is 1. The molecule has 1 aromatic heterocycles. The number of hydrogen-bond donors (Lipinski definition) is 1. The maximum Gasteiger partial charge on any atom is 0.261 e. The van der Waals surface area contributed by atoms with Crippen molar-refractivity contribution in [1.82, 2.24) is 10.3 Å². The van der Waals surface area contributed by atoms with E-state index in [1.54, 1.807) is 25.9 Å². The van der Waals surface area contributed by atoms with Gasteiger partial charge in [0.05, 0.1) is 19.7 Å². The van der Waals surface area contributed by atoms with Crippen molar-refractivity contribution in [1.29, 1.82) is 5.26 Å². The van der Waals surface area contributed by atoms with E-state index in [0.29, 0.717) is 24.5 Å². The van der Waals surface area contributed by atoms with E-state index in [9.17, 15) is 4.79 Å². The van der Waals surface area contributed by atoms with Gasteiger partial charge in [-0.1, -0.05) is 6.07 Å². The van der Waals surface area contributed by atoms with Gasteiger partial charge < -0.3 is 14.8 Å². The predicted octanol–water partition coefficient (Wildman–Crippen LogP) is 2.43. The highest BCUT2D eigenvalue weighted by Gasteiger charge is 2.10. The molecule has 2 aromatic rings. The van der Waals surface area contributed by atoms with Gasteiger partial charge in [0.15, 0.2) is 11.5 Å². The molecule has 1 aromatic carbocycles. The summed E-state index contributed by atoms with van der Waals surface area (Å²) in [5.74, 6) is 0.903. The SMILES string of the molecule is COc1ccc(CCNC(=O)/C(C#N)=C/c2cncs2)cc1OC. The van der Waals surface area contributed by atoms with Gasteiger partial charge in [0, 0.05) is 17.6 Å². The molecular formula is C17H17N3O3S. The summed E-state index contributed by atoms with van der Waals surface area (Å²) in [5.41, 5.74) is 2.71. The standard InChI is InChI=1S/C17H17N3O3S/c1-22-15-4-3-12(7-16(15)23-2)5-6-20-17(21)13(9-18)8-14-10-19-11-24-14/h3-4,7-8,10-11H,5-6H2,1-2H3,(H,20,21)/b13-8+. The molecule has 0 aliphatic rings. The van der Waals surface area contributed by atoms with Gasteiger partial charge in [0.1, 0.15) is 11.6 Å². The molecule has 124 valence electrons. The zero-order chi connectivity index (χ0) is 17.4. The van der Waals surface area contributed by atoms with Crippen LogP contribution in [0.15, 0.2) is 35.5 Å². The lowest BCUT2D eigenvalue weighted by atomic mass is 10.1. The molecule has 0 spiro atoms. The largest absolute Gasteiger partial charge is 0.493 e. The number of benzene rings is 1. The molecule has 0 radical (unpaired) electrons. The quantitative estimate of drug-likeness (QED) is 0.616. The molecule has 0 bridgehead atoms. The summed E-state index contributed by atoms with van der Waals surface area (Å²) in [6.07, 6.45) is 3.76. The van der Waals surface area contributed by atoms with Gasteiger partial charge in [-0.25, -0.2) is 0 Å². The lowest BCUT2D eigenvalue weighted by Crippen LogP contribution is -2.26. The summed E-state index contributed by atoms with van der Waals surface area (Å²) in [7, 11) is 3.16. The molecular weight excluding hydrogens is 326 g/mol. The summed E-state index contributed by atoms with van der Waals surface area (Å²) in [6, 6.07) is 7.51. The van der Waals surface area contributed by atoms with Crippen LogP contribution < -0.4 is 14.8 Å². The summed E-state index contributed by atoms with van der Waals surface area (Å²) < 4.78 is 10.4. The van der Waals surface area contributed by atoms with Crippen molar-refractivity contribution < 1.29 is 14.3 Å². The fourth-order valence-electron chi connectivity index (χ4n) is 2.04. The van der Waals surface area contributed by atoms with E-state index in [0.717, 1.165) is 10.4 Å².